The Morgan fingerprint density at radius 3 is 1.97 bits per heavy atom. The average molecular weight is 409 g/mol. The summed E-state index contributed by atoms with van der Waals surface area (Å²) >= 11 is 0. The Morgan fingerprint density at radius 1 is 0.839 bits per heavy atom. The van der Waals surface area contributed by atoms with Crippen molar-refractivity contribution < 1.29 is 19.1 Å². The standard InChI is InChI=1S/C26H19NO4/c1-31-16-12-10-15(11-13-16)27-24(29)22-21-17-6-2-4-8-19(17)26(14-28,23(22)25(27)30)20-9-5-3-7-18(20)21/h2-14,21-23H,1H3/t21?,22-,23-,26?/m1/s1. The fraction of sp³-hybridized carbons (Fsp3) is 0.192. The Kier molecular flexibility index (Phi) is 3.58. The number of carbonyl (C=O) groups excluding carboxylic acids is 3. The predicted octanol–water partition coefficient (Wildman–Crippen LogP) is 3.44. The minimum absolute atomic E-state index is 0.250. The summed E-state index contributed by atoms with van der Waals surface area (Å²) in [5.41, 5.74) is 2.94. The molecule has 0 saturated carbocycles. The molecule has 3 aliphatic carbocycles. The summed E-state index contributed by atoms with van der Waals surface area (Å²) in [5.74, 6) is -1.54. The van der Waals surface area contributed by atoms with Crippen LogP contribution in [0.4, 0.5) is 5.69 Å². The van der Waals surface area contributed by atoms with Crippen LogP contribution in [0.3, 0.4) is 0 Å². The number of ether oxygens (including phenoxy) is 1. The molecule has 1 fully saturated rings. The molecule has 3 aromatic carbocycles. The molecular formula is C26H19NO4. The number of amides is 2. The fourth-order valence-corrected chi connectivity index (χ4v) is 6.02. The van der Waals surface area contributed by atoms with E-state index in [0.717, 1.165) is 28.5 Å². The number of hydrogen-bond acceptors (Lipinski definition) is 4. The van der Waals surface area contributed by atoms with Gasteiger partial charge in [-0.25, -0.2) is 4.90 Å². The van der Waals surface area contributed by atoms with Gasteiger partial charge >= 0.3 is 0 Å². The molecule has 2 bridgehead atoms. The lowest BCUT2D eigenvalue weighted by Gasteiger charge is -2.51. The van der Waals surface area contributed by atoms with Crippen LogP contribution < -0.4 is 9.64 Å². The number of rotatable bonds is 3. The lowest BCUT2D eigenvalue weighted by atomic mass is 9.48. The highest BCUT2D eigenvalue weighted by Crippen LogP contribution is 2.63. The molecule has 0 aromatic heterocycles. The van der Waals surface area contributed by atoms with Gasteiger partial charge in [0.15, 0.2) is 0 Å². The van der Waals surface area contributed by atoms with Gasteiger partial charge in [-0.05, 0) is 46.5 Å². The van der Waals surface area contributed by atoms with Crippen LogP contribution in [0, 0.1) is 11.8 Å². The molecule has 31 heavy (non-hydrogen) atoms. The number of hydrogen-bond donors (Lipinski definition) is 0. The first-order valence-corrected chi connectivity index (χ1v) is 10.3. The highest BCUT2D eigenvalue weighted by molar-refractivity contribution is 6.24. The number of aldehydes is 1. The van der Waals surface area contributed by atoms with Crippen molar-refractivity contribution in [3.8, 4) is 5.75 Å². The summed E-state index contributed by atoms with van der Waals surface area (Å²) in [7, 11) is 1.57. The molecule has 5 nitrogen and oxygen atoms in total. The fourth-order valence-electron chi connectivity index (χ4n) is 6.02. The molecule has 1 heterocycles. The summed E-state index contributed by atoms with van der Waals surface area (Å²) in [6.07, 6.45) is 0.889. The SMILES string of the molecule is COc1ccc(N2C(=O)[C@@H]3C4c5ccccc5C(C=O)(c5ccccc54)[C@H]3C2=O)cc1. The topological polar surface area (TPSA) is 63.7 Å². The second-order valence-electron chi connectivity index (χ2n) is 8.35. The maximum atomic E-state index is 13.8. The Bertz CT molecular complexity index is 1210. The van der Waals surface area contributed by atoms with E-state index in [1.54, 1.807) is 31.4 Å². The summed E-state index contributed by atoms with van der Waals surface area (Å²) in [6.45, 7) is 0. The quantitative estimate of drug-likeness (QED) is 0.491. The van der Waals surface area contributed by atoms with Crippen molar-refractivity contribution in [2.24, 2.45) is 11.8 Å². The number of imide groups is 1. The molecule has 1 aliphatic heterocycles. The van der Waals surface area contributed by atoms with Gasteiger partial charge in [-0.3, -0.25) is 9.59 Å². The summed E-state index contributed by atoms with van der Waals surface area (Å²) in [6, 6.07) is 22.3. The van der Waals surface area contributed by atoms with Gasteiger partial charge in [0.25, 0.3) is 0 Å². The maximum Gasteiger partial charge on any atom is 0.239 e. The summed E-state index contributed by atoms with van der Waals surface area (Å²) < 4.78 is 5.21. The minimum atomic E-state index is -1.17. The first kappa shape index (κ1) is 18.1. The van der Waals surface area contributed by atoms with Gasteiger partial charge in [-0.2, -0.15) is 0 Å². The van der Waals surface area contributed by atoms with Gasteiger partial charge in [0.05, 0.1) is 30.0 Å². The molecule has 0 unspecified atom stereocenters. The van der Waals surface area contributed by atoms with Crippen molar-refractivity contribution in [1.82, 2.24) is 0 Å². The molecule has 2 amide bonds. The van der Waals surface area contributed by atoms with Crippen molar-refractivity contribution in [3.05, 3.63) is 95.1 Å². The van der Waals surface area contributed by atoms with Gasteiger partial charge < -0.3 is 9.53 Å². The number of carbonyl (C=O) groups is 3. The first-order valence-electron chi connectivity index (χ1n) is 10.3. The van der Waals surface area contributed by atoms with E-state index < -0.39 is 17.3 Å². The summed E-state index contributed by atoms with van der Waals surface area (Å²) in [5, 5.41) is 0. The predicted molar refractivity (Wildman–Crippen MR) is 114 cm³/mol. The third kappa shape index (κ3) is 2.03. The largest absolute Gasteiger partial charge is 0.497 e. The highest BCUT2D eigenvalue weighted by Gasteiger charge is 2.68. The van der Waals surface area contributed by atoms with Gasteiger partial charge in [-0.1, -0.05) is 48.5 Å². The number of nitrogens with zero attached hydrogens (tertiary/aromatic N) is 1. The van der Waals surface area contributed by atoms with Crippen LogP contribution in [0.2, 0.25) is 0 Å². The van der Waals surface area contributed by atoms with E-state index in [9.17, 15) is 14.4 Å². The lowest BCUT2D eigenvalue weighted by Crippen LogP contribution is -2.54. The molecule has 4 aliphatic rings. The lowest BCUT2D eigenvalue weighted by molar-refractivity contribution is -0.128. The van der Waals surface area contributed by atoms with Crippen LogP contribution in [0.25, 0.3) is 0 Å². The molecule has 7 rings (SSSR count). The molecule has 152 valence electrons. The molecule has 5 heteroatoms. The smallest absolute Gasteiger partial charge is 0.239 e. The Balaban J connectivity index is 1.60. The van der Waals surface area contributed by atoms with Crippen LogP contribution in [-0.2, 0) is 19.8 Å². The van der Waals surface area contributed by atoms with Gasteiger partial charge in [0.1, 0.15) is 12.0 Å². The summed E-state index contributed by atoms with van der Waals surface area (Å²) in [4.78, 5) is 41.7. The second-order valence-corrected chi connectivity index (χ2v) is 8.35. The Labute approximate surface area is 179 Å². The normalized spacial score (nSPS) is 27.5. The molecule has 0 N–H and O–H groups in total. The highest BCUT2D eigenvalue weighted by atomic mass is 16.5. The number of methoxy groups -OCH3 is 1. The van der Waals surface area contributed by atoms with Crippen molar-refractivity contribution in [2.75, 3.05) is 12.0 Å². The molecular weight excluding hydrogens is 390 g/mol. The van der Waals surface area contributed by atoms with Gasteiger partial charge in [0, 0.05) is 5.92 Å². The van der Waals surface area contributed by atoms with Crippen LogP contribution in [0.5, 0.6) is 5.75 Å². The van der Waals surface area contributed by atoms with Crippen LogP contribution in [0.1, 0.15) is 28.2 Å². The van der Waals surface area contributed by atoms with Crippen LogP contribution in [-0.4, -0.2) is 25.2 Å². The number of anilines is 1. The zero-order chi connectivity index (χ0) is 21.3. The molecule has 2 atom stereocenters. The molecule has 1 saturated heterocycles. The van der Waals surface area contributed by atoms with Gasteiger partial charge in [0.2, 0.25) is 11.8 Å². The Hall–Kier alpha value is -3.73. The zero-order valence-electron chi connectivity index (χ0n) is 16.8. The van der Waals surface area contributed by atoms with Gasteiger partial charge in [-0.15, -0.1) is 0 Å². The minimum Gasteiger partial charge on any atom is -0.497 e. The van der Waals surface area contributed by atoms with Crippen molar-refractivity contribution in [3.63, 3.8) is 0 Å². The molecule has 3 aromatic rings. The number of benzene rings is 3. The zero-order valence-corrected chi connectivity index (χ0v) is 16.8. The van der Waals surface area contributed by atoms with E-state index in [0.29, 0.717) is 11.4 Å². The second kappa shape index (κ2) is 6.14. The van der Waals surface area contributed by atoms with Crippen molar-refractivity contribution in [2.45, 2.75) is 11.3 Å². The maximum absolute atomic E-state index is 13.8. The first-order chi connectivity index (χ1) is 15.1. The average Bonchev–Trinajstić information content (AvgIpc) is 3.10. The van der Waals surface area contributed by atoms with E-state index in [1.165, 1.54) is 4.90 Å². The third-order valence-corrected chi connectivity index (χ3v) is 7.20. The van der Waals surface area contributed by atoms with Crippen LogP contribution >= 0.6 is 0 Å². The van der Waals surface area contributed by atoms with E-state index in [4.69, 9.17) is 4.74 Å². The molecule has 0 spiro atoms. The Morgan fingerprint density at radius 2 is 1.42 bits per heavy atom. The molecule has 0 radical (unpaired) electrons. The van der Waals surface area contributed by atoms with Crippen molar-refractivity contribution in [1.29, 1.82) is 0 Å². The monoisotopic (exact) mass is 409 g/mol. The van der Waals surface area contributed by atoms with Crippen LogP contribution in [0.15, 0.2) is 72.8 Å². The van der Waals surface area contributed by atoms with E-state index >= 15 is 0 Å². The van der Waals surface area contributed by atoms with E-state index in [-0.39, 0.29) is 17.7 Å². The third-order valence-electron chi connectivity index (χ3n) is 7.20. The van der Waals surface area contributed by atoms with E-state index in [1.807, 2.05) is 48.5 Å². The van der Waals surface area contributed by atoms with E-state index in [2.05, 4.69) is 0 Å². The van der Waals surface area contributed by atoms with Crippen molar-refractivity contribution >= 4 is 23.8 Å².